The van der Waals surface area contributed by atoms with E-state index in [9.17, 15) is 4.79 Å². The maximum atomic E-state index is 11.8. The van der Waals surface area contributed by atoms with Crippen molar-refractivity contribution in [2.75, 3.05) is 6.54 Å². The molecule has 2 aromatic rings. The number of aromatic nitrogens is 2. The van der Waals surface area contributed by atoms with Crippen molar-refractivity contribution in [3.63, 3.8) is 0 Å². The molecule has 4 heteroatoms. The van der Waals surface area contributed by atoms with Gasteiger partial charge in [0.15, 0.2) is 5.82 Å². The number of carbonyl (C=O) groups is 1. The number of hydrogen-bond acceptors (Lipinski definition) is 2. The molecule has 4 nitrogen and oxygen atoms in total. The summed E-state index contributed by atoms with van der Waals surface area (Å²) in [5.74, 6) is 0.237. The Morgan fingerprint density at radius 2 is 2.11 bits per heavy atom. The van der Waals surface area contributed by atoms with Crippen LogP contribution in [0.3, 0.4) is 0 Å². The zero-order valence-electron chi connectivity index (χ0n) is 10.0. The summed E-state index contributed by atoms with van der Waals surface area (Å²) in [6.07, 6.45) is 5.50. The van der Waals surface area contributed by atoms with Gasteiger partial charge in [-0.1, -0.05) is 30.3 Å². The fraction of sp³-hybridized carbons (Fsp3) is 0.286. The molecule has 1 saturated carbocycles. The molecule has 18 heavy (non-hydrogen) atoms. The van der Waals surface area contributed by atoms with E-state index in [4.69, 9.17) is 0 Å². The molecule has 0 atom stereocenters. The minimum absolute atomic E-state index is 0.137. The third-order valence-electron chi connectivity index (χ3n) is 3.54. The first kappa shape index (κ1) is 11.0. The number of benzene rings is 1. The van der Waals surface area contributed by atoms with Gasteiger partial charge in [-0.3, -0.25) is 4.79 Å². The molecular weight excluding hydrogens is 226 g/mol. The fourth-order valence-corrected chi connectivity index (χ4v) is 2.23. The number of hydrogen-bond donors (Lipinski definition) is 2. The lowest BCUT2D eigenvalue weighted by molar-refractivity contribution is 0.0940. The van der Waals surface area contributed by atoms with Gasteiger partial charge in [0.2, 0.25) is 0 Å². The Bertz CT molecular complexity index is 529. The van der Waals surface area contributed by atoms with E-state index in [1.807, 2.05) is 18.2 Å². The van der Waals surface area contributed by atoms with Crippen LogP contribution in [0.2, 0.25) is 0 Å². The smallest absolute Gasteiger partial charge is 0.287 e. The van der Waals surface area contributed by atoms with Gasteiger partial charge >= 0.3 is 0 Å². The number of imidazole rings is 1. The van der Waals surface area contributed by atoms with Gasteiger partial charge in [-0.05, 0) is 18.4 Å². The highest BCUT2D eigenvalue weighted by Gasteiger charge is 2.44. The highest BCUT2D eigenvalue weighted by Crippen LogP contribution is 2.47. The molecule has 0 bridgehead atoms. The molecule has 2 N–H and O–H groups in total. The van der Waals surface area contributed by atoms with Crippen LogP contribution in [-0.4, -0.2) is 22.4 Å². The third kappa shape index (κ3) is 2.01. The summed E-state index contributed by atoms with van der Waals surface area (Å²) < 4.78 is 0. The van der Waals surface area contributed by atoms with Crippen LogP contribution >= 0.6 is 0 Å². The third-order valence-corrected chi connectivity index (χ3v) is 3.54. The van der Waals surface area contributed by atoms with Gasteiger partial charge in [-0.25, -0.2) is 4.98 Å². The predicted octanol–water partition coefficient (Wildman–Crippen LogP) is 1.87. The number of rotatable bonds is 4. The second-order valence-corrected chi connectivity index (χ2v) is 4.77. The van der Waals surface area contributed by atoms with Crippen molar-refractivity contribution >= 4 is 5.91 Å². The molecule has 1 aliphatic rings. The first-order valence-electron chi connectivity index (χ1n) is 6.13. The predicted molar refractivity (Wildman–Crippen MR) is 68.3 cm³/mol. The summed E-state index contributed by atoms with van der Waals surface area (Å²) in [4.78, 5) is 18.6. The van der Waals surface area contributed by atoms with Gasteiger partial charge in [-0.15, -0.1) is 0 Å². The fourth-order valence-electron chi connectivity index (χ4n) is 2.23. The number of aromatic amines is 1. The van der Waals surface area contributed by atoms with Gasteiger partial charge in [0, 0.05) is 24.4 Å². The molecule has 92 valence electrons. The van der Waals surface area contributed by atoms with Gasteiger partial charge in [0.05, 0.1) is 0 Å². The van der Waals surface area contributed by atoms with Crippen LogP contribution in [0.4, 0.5) is 0 Å². The van der Waals surface area contributed by atoms with Crippen LogP contribution in [-0.2, 0) is 5.41 Å². The van der Waals surface area contributed by atoms with E-state index in [1.165, 1.54) is 5.56 Å². The average molecular weight is 241 g/mol. The molecule has 0 radical (unpaired) electrons. The Morgan fingerprint density at radius 1 is 1.33 bits per heavy atom. The highest BCUT2D eigenvalue weighted by atomic mass is 16.2. The van der Waals surface area contributed by atoms with Crippen LogP contribution in [0.5, 0.6) is 0 Å². The zero-order valence-corrected chi connectivity index (χ0v) is 10.0. The molecule has 0 spiro atoms. The largest absolute Gasteiger partial charge is 0.348 e. The maximum Gasteiger partial charge on any atom is 0.287 e. The minimum atomic E-state index is -0.137. The lowest BCUT2D eigenvalue weighted by Gasteiger charge is -2.15. The first-order chi connectivity index (χ1) is 8.80. The van der Waals surface area contributed by atoms with E-state index in [0.29, 0.717) is 12.4 Å². The molecular formula is C14H15N3O. The van der Waals surface area contributed by atoms with Crippen molar-refractivity contribution in [3.05, 3.63) is 54.1 Å². The molecule has 0 aliphatic heterocycles. The van der Waals surface area contributed by atoms with Gasteiger partial charge in [0.1, 0.15) is 0 Å². The maximum absolute atomic E-state index is 11.8. The summed E-state index contributed by atoms with van der Waals surface area (Å²) in [6.45, 7) is 0.677. The quantitative estimate of drug-likeness (QED) is 0.858. The van der Waals surface area contributed by atoms with E-state index >= 15 is 0 Å². The Hall–Kier alpha value is -2.10. The van der Waals surface area contributed by atoms with Crippen LogP contribution in [0.1, 0.15) is 29.0 Å². The van der Waals surface area contributed by atoms with Crippen molar-refractivity contribution in [1.29, 1.82) is 0 Å². The summed E-state index contributed by atoms with van der Waals surface area (Å²) in [6, 6.07) is 10.4. The Morgan fingerprint density at radius 3 is 2.72 bits per heavy atom. The standard InChI is InChI=1S/C14H15N3O/c18-13(12-15-8-9-16-12)17-10-14(6-7-14)11-4-2-1-3-5-11/h1-5,8-9H,6-7,10H2,(H,15,16)(H,17,18). The van der Waals surface area contributed by atoms with Gasteiger partial charge in [0.25, 0.3) is 5.91 Å². The number of nitrogens with zero attached hydrogens (tertiary/aromatic N) is 1. The Labute approximate surface area is 105 Å². The monoisotopic (exact) mass is 241 g/mol. The SMILES string of the molecule is O=C(NCC1(c2ccccc2)CC1)c1ncc[nH]1. The van der Waals surface area contributed by atoms with Gasteiger partial charge < -0.3 is 10.3 Å². The molecule has 1 amide bonds. The lowest BCUT2D eigenvalue weighted by Crippen LogP contribution is -2.32. The Kier molecular flexibility index (Phi) is 2.63. The van der Waals surface area contributed by atoms with Crippen molar-refractivity contribution in [1.82, 2.24) is 15.3 Å². The van der Waals surface area contributed by atoms with E-state index in [2.05, 4.69) is 27.4 Å². The van der Waals surface area contributed by atoms with Crippen molar-refractivity contribution in [2.45, 2.75) is 18.3 Å². The molecule has 1 fully saturated rings. The number of H-pyrrole nitrogens is 1. The van der Waals surface area contributed by atoms with E-state index in [1.54, 1.807) is 12.4 Å². The second-order valence-electron chi connectivity index (χ2n) is 4.77. The van der Waals surface area contributed by atoms with E-state index in [-0.39, 0.29) is 11.3 Å². The van der Waals surface area contributed by atoms with Crippen LogP contribution in [0.15, 0.2) is 42.7 Å². The normalized spacial score (nSPS) is 16.2. The summed E-state index contributed by atoms with van der Waals surface area (Å²) in [5.41, 5.74) is 1.45. The molecule has 1 aromatic carbocycles. The number of nitrogens with one attached hydrogen (secondary N) is 2. The Balaban J connectivity index is 1.66. The summed E-state index contributed by atoms with van der Waals surface area (Å²) in [7, 11) is 0. The summed E-state index contributed by atoms with van der Waals surface area (Å²) >= 11 is 0. The minimum Gasteiger partial charge on any atom is -0.348 e. The van der Waals surface area contributed by atoms with Crippen LogP contribution in [0, 0.1) is 0 Å². The molecule has 1 heterocycles. The zero-order chi connectivity index (χ0) is 12.4. The highest BCUT2D eigenvalue weighted by molar-refractivity contribution is 5.90. The number of amides is 1. The van der Waals surface area contributed by atoms with Crippen molar-refractivity contribution in [2.24, 2.45) is 0 Å². The van der Waals surface area contributed by atoms with E-state index < -0.39 is 0 Å². The average Bonchev–Trinajstić information content (AvgIpc) is 3.01. The van der Waals surface area contributed by atoms with Crippen molar-refractivity contribution < 1.29 is 4.79 Å². The van der Waals surface area contributed by atoms with Gasteiger partial charge in [-0.2, -0.15) is 0 Å². The second kappa shape index (κ2) is 4.29. The molecule has 1 aromatic heterocycles. The topological polar surface area (TPSA) is 57.8 Å². The number of carbonyl (C=O) groups excluding carboxylic acids is 1. The first-order valence-corrected chi connectivity index (χ1v) is 6.13. The molecule has 0 unspecified atom stereocenters. The molecule has 1 aliphatic carbocycles. The summed E-state index contributed by atoms with van der Waals surface area (Å²) in [5, 5.41) is 2.95. The lowest BCUT2D eigenvalue weighted by atomic mass is 9.96. The van der Waals surface area contributed by atoms with Crippen LogP contribution < -0.4 is 5.32 Å². The van der Waals surface area contributed by atoms with E-state index in [0.717, 1.165) is 12.8 Å². The molecule has 3 rings (SSSR count). The van der Waals surface area contributed by atoms with Crippen molar-refractivity contribution in [3.8, 4) is 0 Å². The van der Waals surface area contributed by atoms with Crippen LogP contribution in [0.25, 0.3) is 0 Å². The molecule has 0 saturated heterocycles.